The van der Waals surface area contributed by atoms with Gasteiger partial charge in [0.2, 0.25) is 5.88 Å². The molecule has 23 heavy (non-hydrogen) atoms. The highest BCUT2D eigenvalue weighted by atomic mass is 35.5. The highest BCUT2D eigenvalue weighted by molar-refractivity contribution is 7.15. The minimum atomic E-state index is -0.300. The van der Waals surface area contributed by atoms with Crippen LogP contribution in [-0.2, 0) is 4.74 Å². The SMILES string of the molecule is Cc1cnc(NC(=O)c2cnc(OC3CCOCC3)c(Cl)c2)s1. The van der Waals surface area contributed by atoms with E-state index in [0.29, 0.717) is 34.8 Å². The molecule has 1 aliphatic rings. The fourth-order valence-electron chi connectivity index (χ4n) is 2.17. The molecule has 1 fully saturated rings. The molecule has 2 aromatic heterocycles. The number of aromatic nitrogens is 2. The van der Waals surface area contributed by atoms with Gasteiger partial charge in [0.05, 0.1) is 18.8 Å². The third-order valence-electron chi connectivity index (χ3n) is 3.36. The molecule has 0 aliphatic carbocycles. The van der Waals surface area contributed by atoms with Crippen LogP contribution in [0.3, 0.4) is 0 Å². The van der Waals surface area contributed by atoms with Gasteiger partial charge in [-0.25, -0.2) is 9.97 Å². The van der Waals surface area contributed by atoms with Crippen molar-refractivity contribution in [3.8, 4) is 5.88 Å². The molecule has 122 valence electrons. The minimum absolute atomic E-state index is 0.0479. The largest absolute Gasteiger partial charge is 0.473 e. The highest BCUT2D eigenvalue weighted by Crippen LogP contribution is 2.26. The number of nitrogens with one attached hydrogen (secondary N) is 1. The zero-order chi connectivity index (χ0) is 16.2. The van der Waals surface area contributed by atoms with Crippen molar-refractivity contribution < 1.29 is 14.3 Å². The van der Waals surface area contributed by atoms with Gasteiger partial charge in [-0.1, -0.05) is 11.6 Å². The van der Waals surface area contributed by atoms with Crippen LogP contribution in [0.5, 0.6) is 5.88 Å². The van der Waals surface area contributed by atoms with Crippen LogP contribution < -0.4 is 10.1 Å². The second-order valence-corrected chi connectivity index (χ2v) is 6.81. The van der Waals surface area contributed by atoms with Crippen molar-refractivity contribution in [2.45, 2.75) is 25.9 Å². The first-order valence-electron chi connectivity index (χ1n) is 7.25. The van der Waals surface area contributed by atoms with Crippen LogP contribution in [0, 0.1) is 6.92 Å². The van der Waals surface area contributed by atoms with Gasteiger partial charge in [-0.05, 0) is 13.0 Å². The summed E-state index contributed by atoms with van der Waals surface area (Å²) >= 11 is 7.60. The number of nitrogens with zero attached hydrogens (tertiary/aromatic N) is 2. The maximum atomic E-state index is 12.2. The van der Waals surface area contributed by atoms with Crippen molar-refractivity contribution in [1.29, 1.82) is 0 Å². The first-order chi connectivity index (χ1) is 11.1. The van der Waals surface area contributed by atoms with Crippen molar-refractivity contribution in [1.82, 2.24) is 9.97 Å². The molecular formula is C15H16ClN3O3S. The highest BCUT2D eigenvalue weighted by Gasteiger charge is 2.18. The third-order valence-corrected chi connectivity index (χ3v) is 4.46. The molecule has 1 saturated heterocycles. The molecule has 0 atom stereocenters. The molecule has 0 unspecified atom stereocenters. The molecule has 0 spiro atoms. The summed E-state index contributed by atoms with van der Waals surface area (Å²) in [4.78, 5) is 21.5. The van der Waals surface area contributed by atoms with Crippen molar-refractivity contribution in [2.24, 2.45) is 0 Å². The van der Waals surface area contributed by atoms with E-state index in [4.69, 9.17) is 21.1 Å². The lowest BCUT2D eigenvalue weighted by atomic mass is 10.1. The van der Waals surface area contributed by atoms with E-state index in [9.17, 15) is 4.79 Å². The predicted octanol–water partition coefficient (Wildman–Crippen LogP) is 3.31. The van der Waals surface area contributed by atoms with Crippen LogP contribution in [0.4, 0.5) is 5.13 Å². The van der Waals surface area contributed by atoms with Gasteiger partial charge in [0, 0.05) is 30.1 Å². The summed E-state index contributed by atoms with van der Waals surface area (Å²) in [7, 11) is 0. The van der Waals surface area contributed by atoms with E-state index in [-0.39, 0.29) is 12.0 Å². The number of halogens is 1. The van der Waals surface area contributed by atoms with Gasteiger partial charge >= 0.3 is 0 Å². The lowest BCUT2D eigenvalue weighted by Gasteiger charge is -2.23. The number of aryl methyl sites for hydroxylation is 1. The number of ether oxygens (including phenoxy) is 2. The number of pyridine rings is 1. The molecule has 1 N–H and O–H groups in total. The molecule has 3 heterocycles. The number of carbonyl (C=O) groups excluding carboxylic acids is 1. The number of hydrogen-bond donors (Lipinski definition) is 1. The topological polar surface area (TPSA) is 73.3 Å². The van der Waals surface area contributed by atoms with Crippen LogP contribution in [0.15, 0.2) is 18.5 Å². The Kier molecular flexibility index (Phi) is 5.09. The second kappa shape index (κ2) is 7.25. The average Bonchev–Trinajstić information content (AvgIpc) is 2.95. The van der Waals surface area contributed by atoms with Crippen LogP contribution in [-0.4, -0.2) is 35.2 Å². The van der Waals surface area contributed by atoms with Crippen molar-refractivity contribution in [3.63, 3.8) is 0 Å². The van der Waals surface area contributed by atoms with Gasteiger partial charge in [0.25, 0.3) is 5.91 Å². The summed E-state index contributed by atoms with van der Waals surface area (Å²) < 4.78 is 11.1. The molecule has 0 saturated carbocycles. The first-order valence-corrected chi connectivity index (χ1v) is 8.45. The molecule has 6 nitrogen and oxygen atoms in total. The Hall–Kier alpha value is -1.70. The summed E-state index contributed by atoms with van der Waals surface area (Å²) in [6, 6.07) is 1.55. The number of anilines is 1. The summed E-state index contributed by atoms with van der Waals surface area (Å²) in [5, 5.41) is 3.59. The Morgan fingerprint density at radius 2 is 2.17 bits per heavy atom. The molecule has 2 aromatic rings. The fourth-order valence-corrected chi connectivity index (χ4v) is 3.04. The summed E-state index contributed by atoms with van der Waals surface area (Å²) in [5.74, 6) is 0.0478. The first kappa shape index (κ1) is 16.2. The number of rotatable bonds is 4. The minimum Gasteiger partial charge on any atom is -0.473 e. The normalized spacial score (nSPS) is 15.4. The molecule has 3 rings (SSSR count). The Morgan fingerprint density at radius 3 is 2.83 bits per heavy atom. The van der Waals surface area contributed by atoms with E-state index >= 15 is 0 Å². The van der Waals surface area contributed by atoms with E-state index in [1.165, 1.54) is 17.5 Å². The Bertz CT molecular complexity index is 701. The van der Waals surface area contributed by atoms with Crippen LogP contribution in [0.1, 0.15) is 28.1 Å². The van der Waals surface area contributed by atoms with Gasteiger partial charge in [0.1, 0.15) is 11.1 Å². The van der Waals surface area contributed by atoms with E-state index in [2.05, 4.69) is 15.3 Å². The Labute approximate surface area is 142 Å². The Balaban J connectivity index is 1.67. The zero-order valence-corrected chi connectivity index (χ0v) is 14.1. The lowest BCUT2D eigenvalue weighted by molar-refractivity contribution is 0.0238. The van der Waals surface area contributed by atoms with E-state index in [0.717, 1.165) is 17.7 Å². The predicted molar refractivity (Wildman–Crippen MR) is 88.5 cm³/mol. The zero-order valence-electron chi connectivity index (χ0n) is 12.5. The fraction of sp³-hybridized carbons (Fsp3) is 0.400. The smallest absolute Gasteiger partial charge is 0.259 e. The molecule has 8 heteroatoms. The van der Waals surface area contributed by atoms with Gasteiger partial charge in [-0.15, -0.1) is 11.3 Å². The summed E-state index contributed by atoms with van der Waals surface area (Å²) in [5.41, 5.74) is 0.363. The van der Waals surface area contributed by atoms with Gasteiger partial charge in [-0.2, -0.15) is 0 Å². The van der Waals surface area contributed by atoms with Gasteiger partial charge in [0.15, 0.2) is 5.13 Å². The molecule has 0 bridgehead atoms. The quantitative estimate of drug-likeness (QED) is 0.912. The standard InChI is InChI=1S/C15H16ClN3O3S/c1-9-7-18-15(23-9)19-13(20)10-6-12(16)14(17-8-10)22-11-2-4-21-5-3-11/h6-8,11H,2-5H2,1H3,(H,18,19,20). The molecule has 1 aliphatic heterocycles. The molecular weight excluding hydrogens is 338 g/mol. The van der Waals surface area contributed by atoms with Crippen molar-refractivity contribution in [3.05, 3.63) is 33.9 Å². The van der Waals surface area contributed by atoms with E-state index in [1.807, 2.05) is 6.92 Å². The third kappa shape index (κ3) is 4.19. The summed E-state index contributed by atoms with van der Waals surface area (Å²) in [6.45, 7) is 3.28. The molecule has 0 aromatic carbocycles. The maximum absolute atomic E-state index is 12.2. The number of carbonyl (C=O) groups is 1. The van der Waals surface area contributed by atoms with Crippen LogP contribution in [0.2, 0.25) is 5.02 Å². The number of hydrogen-bond acceptors (Lipinski definition) is 6. The van der Waals surface area contributed by atoms with Crippen LogP contribution in [0.25, 0.3) is 0 Å². The number of amides is 1. The molecule has 1 amide bonds. The van der Waals surface area contributed by atoms with E-state index in [1.54, 1.807) is 12.3 Å². The average molecular weight is 354 g/mol. The second-order valence-electron chi connectivity index (χ2n) is 5.17. The van der Waals surface area contributed by atoms with Gasteiger partial charge < -0.3 is 9.47 Å². The van der Waals surface area contributed by atoms with Gasteiger partial charge in [-0.3, -0.25) is 10.1 Å². The lowest BCUT2D eigenvalue weighted by Crippen LogP contribution is -2.26. The van der Waals surface area contributed by atoms with Crippen molar-refractivity contribution in [2.75, 3.05) is 18.5 Å². The monoisotopic (exact) mass is 353 g/mol. The number of thiazole rings is 1. The van der Waals surface area contributed by atoms with Crippen LogP contribution >= 0.6 is 22.9 Å². The van der Waals surface area contributed by atoms with Crippen molar-refractivity contribution >= 4 is 34.0 Å². The Morgan fingerprint density at radius 1 is 1.39 bits per heavy atom. The molecule has 0 radical (unpaired) electrons. The summed E-state index contributed by atoms with van der Waals surface area (Å²) in [6.07, 6.45) is 4.83. The maximum Gasteiger partial charge on any atom is 0.259 e. The van der Waals surface area contributed by atoms with E-state index < -0.39 is 0 Å².